The fraction of sp³-hybridized carbons (Fsp3) is 0.0370. The minimum atomic E-state index is 0.351. The van der Waals surface area contributed by atoms with Gasteiger partial charge < -0.3 is 0 Å². The summed E-state index contributed by atoms with van der Waals surface area (Å²) in [5.41, 5.74) is 0. The fourth-order valence-electron chi connectivity index (χ4n) is 4.89. The molecule has 3 aromatic heterocycles. The van der Waals surface area contributed by atoms with Crippen LogP contribution in [0.25, 0.3) is 53.2 Å². The predicted molar refractivity (Wildman–Crippen MR) is 141 cm³/mol. The maximum absolute atomic E-state index is 2.47. The quantitative estimate of drug-likeness (QED) is 0.220. The maximum atomic E-state index is 2.47. The fourth-order valence-corrected chi connectivity index (χ4v) is 9.16. The van der Waals surface area contributed by atoms with E-state index in [2.05, 4.69) is 77.5 Å². The van der Waals surface area contributed by atoms with Crippen molar-refractivity contribution in [2.45, 2.75) is 10.8 Å². The molecule has 0 nitrogen and oxygen atoms in total. The number of thioether (sulfide) groups is 1. The minimum absolute atomic E-state index is 0.351. The monoisotopic (exact) mass is 466 g/mol. The molecule has 8 rings (SSSR count). The molecule has 4 heterocycles. The van der Waals surface area contributed by atoms with Gasteiger partial charge in [-0.2, -0.15) is 0 Å². The number of allylic oxidation sites excluding steroid dienone is 2. The lowest BCUT2D eigenvalue weighted by Gasteiger charge is -2.16. The van der Waals surface area contributed by atoms with Gasteiger partial charge in [-0.1, -0.05) is 23.9 Å². The molecular weight excluding hydrogens is 453 g/mol. The molecule has 0 radical (unpaired) electrons. The van der Waals surface area contributed by atoms with Gasteiger partial charge in [0.2, 0.25) is 0 Å². The number of benzene rings is 3. The Morgan fingerprint density at radius 1 is 0.645 bits per heavy atom. The molecule has 0 amide bonds. The van der Waals surface area contributed by atoms with Gasteiger partial charge in [-0.15, -0.1) is 34.0 Å². The lowest BCUT2D eigenvalue weighted by molar-refractivity contribution is 1.13. The van der Waals surface area contributed by atoms with Gasteiger partial charge in [0.05, 0.1) is 0 Å². The zero-order valence-corrected chi connectivity index (χ0v) is 19.5. The van der Waals surface area contributed by atoms with Gasteiger partial charge in [0.1, 0.15) is 0 Å². The molecule has 3 aromatic carbocycles. The van der Waals surface area contributed by atoms with Gasteiger partial charge in [-0.25, -0.2) is 0 Å². The first kappa shape index (κ1) is 17.2. The minimum Gasteiger partial charge on any atom is -0.144 e. The predicted octanol–water partition coefficient (Wildman–Crippen LogP) is 7.83. The lowest BCUT2D eigenvalue weighted by atomic mass is 10.0. The topological polar surface area (TPSA) is 0 Å². The van der Waals surface area contributed by atoms with Crippen molar-refractivity contribution in [1.29, 1.82) is 0 Å². The van der Waals surface area contributed by atoms with Crippen LogP contribution in [0.5, 0.6) is 0 Å². The molecule has 2 bridgehead atoms. The second-order valence-corrected chi connectivity index (χ2v) is 12.3. The molecule has 1 unspecified atom stereocenters. The third-order valence-electron chi connectivity index (χ3n) is 6.38. The summed E-state index contributed by atoms with van der Waals surface area (Å²) >= 11 is 7.58. The van der Waals surface area contributed by atoms with E-state index in [-0.39, 0.29) is 0 Å². The number of hydrogen-bond donors (Lipinski definition) is 0. The van der Waals surface area contributed by atoms with Crippen LogP contribution in [0, 0.1) is 0 Å². The van der Waals surface area contributed by atoms with Gasteiger partial charge in [0.15, 0.2) is 0 Å². The Balaban J connectivity index is 1.39. The molecule has 0 saturated carbocycles. The molecule has 0 fully saturated rings. The average molecular weight is 467 g/mol. The van der Waals surface area contributed by atoms with Crippen molar-refractivity contribution in [1.82, 2.24) is 0 Å². The molecule has 1 atom stereocenters. The van der Waals surface area contributed by atoms with Crippen LogP contribution >= 0.6 is 45.8 Å². The molecule has 146 valence electrons. The molecule has 0 N–H and O–H groups in total. The van der Waals surface area contributed by atoms with Crippen LogP contribution in [0.3, 0.4) is 0 Å². The summed E-state index contributed by atoms with van der Waals surface area (Å²) in [5.74, 6) is 0.351. The Morgan fingerprint density at radius 2 is 1.42 bits per heavy atom. The highest BCUT2D eigenvalue weighted by Gasteiger charge is 2.25. The zero-order chi connectivity index (χ0) is 20.1. The van der Waals surface area contributed by atoms with E-state index in [0.717, 1.165) is 0 Å². The highest BCUT2D eigenvalue weighted by atomic mass is 32.2. The SMILES string of the molecule is C1=C2C=c3cc4sccc4cc3=CC1c1sc3cc4cc5sccc5cc4cc3c1S2. The Labute approximate surface area is 194 Å². The molecule has 1 aliphatic carbocycles. The molecule has 6 aromatic rings. The van der Waals surface area contributed by atoms with Crippen LogP contribution in [0.15, 0.2) is 75.2 Å². The first-order chi connectivity index (χ1) is 15.3. The number of thiophene rings is 3. The van der Waals surface area contributed by atoms with Crippen LogP contribution in [0.4, 0.5) is 0 Å². The van der Waals surface area contributed by atoms with Gasteiger partial charge >= 0.3 is 0 Å². The van der Waals surface area contributed by atoms with E-state index in [0.29, 0.717) is 5.92 Å². The van der Waals surface area contributed by atoms with Crippen LogP contribution < -0.4 is 10.4 Å². The van der Waals surface area contributed by atoms with Crippen molar-refractivity contribution in [3.8, 4) is 0 Å². The first-order valence-corrected chi connectivity index (χ1v) is 13.7. The number of fused-ring (bicyclic) bond motifs is 9. The largest absolute Gasteiger partial charge is 0.144 e. The van der Waals surface area contributed by atoms with Gasteiger partial charge in [-0.3, -0.25) is 0 Å². The molecular formula is C27H14S4. The summed E-state index contributed by atoms with van der Waals surface area (Å²) < 4.78 is 4.15. The maximum Gasteiger partial charge on any atom is 0.0364 e. The molecule has 31 heavy (non-hydrogen) atoms. The second kappa shape index (κ2) is 6.11. The van der Waals surface area contributed by atoms with Crippen molar-refractivity contribution < 1.29 is 0 Å². The van der Waals surface area contributed by atoms with E-state index >= 15 is 0 Å². The van der Waals surface area contributed by atoms with E-state index in [4.69, 9.17) is 0 Å². The summed E-state index contributed by atoms with van der Waals surface area (Å²) in [4.78, 5) is 4.32. The molecule has 0 saturated heterocycles. The first-order valence-electron chi connectivity index (χ1n) is 10.3. The molecule has 1 aliphatic heterocycles. The van der Waals surface area contributed by atoms with Crippen molar-refractivity contribution >= 4 is 99.0 Å². The third-order valence-corrected chi connectivity index (χ3v) is 10.7. The van der Waals surface area contributed by atoms with Crippen molar-refractivity contribution in [2.75, 3.05) is 0 Å². The second-order valence-electron chi connectivity index (χ2n) is 8.25. The van der Waals surface area contributed by atoms with E-state index in [1.165, 1.54) is 66.1 Å². The summed E-state index contributed by atoms with van der Waals surface area (Å²) in [5, 5.41) is 13.9. The van der Waals surface area contributed by atoms with Crippen LogP contribution in [0.2, 0.25) is 0 Å². The van der Waals surface area contributed by atoms with E-state index in [1.54, 1.807) is 0 Å². The lowest BCUT2D eigenvalue weighted by Crippen LogP contribution is -2.23. The summed E-state index contributed by atoms with van der Waals surface area (Å²) in [7, 11) is 0. The highest BCUT2D eigenvalue weighted by Crippen LogP contribution is 2.51. The van der Waals surface area contributed by atoms with Crippen LogP contribution in [0.1, 0.15) is 10.8 Å². The number of hydrogen-bond acceptors (Lipinski definition) is 4. The third kappa shape index (κ3) is 2.48. The summed E-state index contributed by atoms with van der Waals surface area (Å²) in [6.45, 7) is 0. The number of rotatable bonds is 0. The van der Waals surface area contributed by atoms with Crippen molar-refractivity contribution in [3.05, 3.63) is 85.6 Å². The van der Waals surface area contributed by atoms with E-state index in [1.807, 2.05) is 45.8 Å². The Bertz CT molecular complexity index is 1870. The Hall–Kier alpha value is -2.37. The highest BCUT2D eigenvalue weighted by molar-refractivity contribution is 8.04. The average Bonchev–Trinajstić information content (AvgIpc) is 3.46. The van der Waals surface area contributed by atoms with Gasteiger partial charge in [-0.05, 0) is 97.3 Å². The molecule has 2 aliphatic rings. The molecule has 0 spiro atoms. The normalized spacial score (nSPS) is 17.3. The summed E-state index contributed by atoms with van der Waals surface area (Å²) in [6, 6.07) is 18.7. The van der Waals surface area contributed by atoms with Gasteiger partial charge in [0.25, 0.3) is 0 Å². The molecule has 4 heteroatoms. The van der Waals surface area contributed by atoms with Gasteiger partial charge in [0, 0.05) is 40.1 Å². The van der Waals surface area contributed by atoms with Crippen LogP contribution in [-0.4, -0.2) is 0 Å². The van der Waals surface area contributed by atoms with Crippen molar-refractivity contribution in [2.24, 2.45) is 0 Å². The Morgan fingerprint density at radius 3 is 2.32 bits per heavy atom. The standard InChI is InChI=1S/C27H14S4/c1-3-28-23-11-18-8-21-9-20(7-16(18)5-14(1)23)26-27(30-21)22-10-17-6-15-2-4-29-24(15)12-19(17)13-25(22)31-26/h1-13,20H. The van der Waals surface area contributed by atoms with E-state index < -0.39 is 0 Å². The van der Waals surface area contributed by atoms with Crippen LogP contribution in [-0.2, 0) is 0 Å². The van der Waals surface area contributed by atoms with Crippen molar-refractivity contribution in [3.63, 3.8) is 0 Å². The zero-order valence-electron chi connectivity index (χ0n) is 16.2. The Kier molecular flexibility index (Phi) is 3.39. The summed E-state index contributed by atoms with van der Waals surface area (Å²) in [6.07, 6.45) is 7.31. The van der Waals surface area contributed by atoms with E-state index in [9.17, 15) is 0 Å². The smallest absolute Gasteiger partial charge is 0.0364 e.